The molecular weight excluding hydrogens is 459 g/mol. The highest BCUT2D eigenvalue weighted by Gasteiger charge is 2.24. The third-order valence-corrected chi connectivity index (χ3v) is 7.11. The van der Waals surface area contributed by atoms with Crippen LogP contribution >= 0.6 is 46.1 Å². The first-order chi connectivity index (χ1) is 12.8. The lowest BCUT2D eigenvalue weighted by atomic mass is 10.3. The van der Waals surface area contributed by atoms with Crippen LogP contribution in [0.1, 0.15) is 5.01 Å². The smallest absolute Gasteiger partial charge is 0.266 e. The molecular formula is C14H13Cl3N4O4S2. The Morgan fingerprint density at radius 1 is 1.22 bits per heavy atom. The van der Waals surface area contributed by atoms with Crippen LogP contribution in [0.5, 0.6) is 0 Å². The third kappa shape index (κ3) is 5.01. The lowest BCUT2D eigenvalue weighted by Crippen LogP contribution is -2.42. The van der Waals surface area contributed by atoms with Gasteiger partial charge in [-0.1, -0.05) is 46.1 Å². The maximum absolute atomic E-state index is 12.6. The molecule has 27 heavy (non-hydrogen) atoms. The van der Waals surface area contributed by atoms with Gasteiger partial charge in [0.25, 0.3) is 10.0 Å². The van der Waals surface area contributed by atoms with Crippen molar-refractivity contribution in [1.29, 1.82) is 0 Å². The van der Waals surface area contributed by atoms with Gasteiger partial charge in [0, 0.05) is 24.5 Å². The van der Waals surface area contributed by atoms with Crippen molar-refractivity contribution in [3.63, 3.8) is 0 Å². The number of anilines is 1. The first kappa shape index (κ1) is 20.6. The fourth-order valence-corrected chi connectivity index (χ4v) is 5.87. The molecule has 3 rings (SSSR count). The van der Waals surface area contributed by atoms with Crippen molar-refractivity contribution in [3.8, 4) is 0 Å². The van der Waals surface area contributed by atoms with Crippen LogP contribution in [-0.4, -0.2) is 55.7 Å². The topological polar surface area (TPSA) is 101 Å². The number of hydrogen-bond donors (Lipinski definition) is 1. The van der Waals surface area contributed by atoms with E-state index < -0.39 is 10.0 Å². The van der Waals surface area contributed by atoms with Gasteiger partial charge < -0.3 is 9.64 Å². The molecule has 0 radical (unpaired) electrons. The zero-order chi connectivity index (χ0) is 19.6. The van der Waals surface area contributed by atoms with Crippen LogP contribution in [0.2, 0.25) is 15.1 Å². The fraction of sp³-hybridized carbons (Fsp3) is 0.357. The molecule has 1 N–H and O–H groups in total. The summed E-state index contributed by atoms with van der Waals surface area (Å²) >= 11 is 18.8. The SMILES string of the molecule is O=C1COCCN1CCc1nnc(NS(=O)(=O)c2c(Cl)cc(Cl)cc2Cl)s1. The van der Waals surface area contributed by atoms with E-state index >= 15 is 0 Å². The third-order valence-electron chi connectivity index (χ3n) is 3.60. The average molecular weight is 472 g/mol. The maximum atomic E-state index is 12.6. The van der Waals surface area contributed by atoms with Crippen LogP contribution in [0.25, 0.3) is 0 Å². The second-order valence-corrected chi connectivity index (χ2v) is 9.42. The number of sulfonamides is 1. The molecule has 1 aliphatic rings. The molecule has 0 atom stereocenters. The van der Waals surface area contributed by atoms with Gasteiger partial charge in [0.1, 0.15) is 16.5 Å². The van der Waals surface area contributed by atoms with Crippen molar-refractivity contribution in [1.82, 2.24) is 15.1 Å². The average Bonchev–Trinajstić information content (AvgIpc) is 2.99. The molecule has 1 aromatic carbocycles. The summed E-state index contributed by atoms with van der Waals surface area (Å²) in [4.78, 5) is 13.1. The Balaban J connectivity index is 1.69. The number of morpholine rings is 1. The van der Waals surface area contributed by atoms with Crippen LogP contribution in [-0.2, 0) is 26.0 Å². The second kappa shape index (κ2) is 8.46. The Bertz CT molecular complexity index is 944. The van der Waals surface area contributed by atoms with E-state index in [1.54, 1.807) is 4.90 Å². The molecule has 1 amide bonds. The molecule has 2 aromatic rings. The number of nitrogens with zero attached hydrogens (tertiary/aromatic N) is 3. The zero-order valence-electron chi connectivity index (χ0n) is 13.6. The second-order valence-electron chi connectivity index (χ2n) is 5.49. The van der Waals surface area contributed by atoms with Crippen molar-refractivity contribution in [2.75, 3.05) is 31.0 Å². The van der Waals surface area contributed by atoms with E-state index in [0.29, 0.717) is 31.1 Å². The van der Waals surface area contributed by atoms with E-state index in [-0.39, 0.29) is 37.6 Å². The minimum absolute atomic E-state index is 0.0698. The van der Waals surface area contributed by atoms with Gasteiger partial charge in [-0.3, -0.25) is 9.52 Å². The van der Waals surface area contributed by atoms with Gasteiger partial charge in [-0.25, -0.2) is 8.42 Å². The summed E-state index contributed by atoms with van der Waals surface area (Å²) in [5.41, 5.74) is 0. The summed E-state index contributed by atoms with van der Waals surface area (Å²) in [5.74, 6) is -0.0845. The summed E-state index contributed by atoms with van der Waals surface area (Å²) in [5, 5.41) is 8.44. The number of carbonyl (C=O) groups is 1. The van der Waals surface area contributed by atoms with Gasteiger partial charge in [0.05, 0.1) is 16.7 Å². The Morgan fingerprint density at radius 3 is 2.59 bits per heavy atom. The molecule has 0 unspecified atom stereocenters. The van der Waals surface area contributed by atoms with Gasteiger partial charge in [-0.05, 0) is 12.1 Å². The van der Waals surface area contributed by atoms with Crippen LogP contribution in [0.3, 0.4) is 0 Å². The van der Waals surface area contributed by atoms with Crippen molar-refractivity contribution in [2.45, 2.75) is 11.3 Å². The largest absolute Gasteiger partial charge is 0.370 e. The van der Waals surface area contributed by atoms with E-state index in [9.17, 15) is 13.2 Å². The highest BCUT2D eigenvalue weighted by molar-refractivity contribution is 7.93. The monoisotopic (exact) mass is 470 g/mol. The Kier molecular flexibility index (Phi) is 6.44. The lowest BCUT2D eigenvalue weighted by molar-refractivity contribution is -0.142. The Morgan fingerprint density at radius 2 is 1.93 bits per heavy atom. The van der Waals surface area contributed by atoms with Gasteiger partial charge in [0.15, 0.2) is 0 Å². The Labute approximate surface area is 174 Å². The molecule has 0 spiro atoms. The van der Waals surface area contributed by atoms with Crippen LogP contribution in [0.4, 0.5) is 5.13 Å². The first-order valence-electron chi connectivity index (χ1n) is 7.61. The van der Waals surface area contributed by atoms with E-state index in [1.807, 2.05) is 0 Å². The molecule has 1 aromatic heterocycles. The number of halogens is 3. The Hall–Kier alpha value is -1.17. The summed E-state index contributed by atoms with van der Waals surface area (Å²) in [7, 11) is -4.07. The molecule has 146 valence electrons. The van der Waals surface area contributed by atoms with E-state index in [4.69, 9.17) is 39.5 Å². The van der Waals surface area contributed by atoms with Crippen molar-refractivity contribution in [3.05, 3.63) is 32.2 Å². The number of amides is 1. The molecule has 0 saturated carbocycles. The van der Waals surface area contributed by atoms with Crippen LogP contribution in [0, 0.1) is 0 Å². The standard InChI is InChI=1S/C14H13Cl3N4O4S2/c15-8-5-9(16)13(10(17)6-8)27(23,24)20-14-19-18-11(26-14)1-2-21-3-4-25-7-12(21)22/h5-6H,1-4,7H2,(H,19,20). The summed E-state index contributed by atoms with van der Waals surface area (Å²) < 4.78 is 32.5. The van der Waals surface area contributed by atoms with Crippen molar-refractivity contribution >= 4 is 67.2 Å². The lowest BCUT2D eigenvalue weighted by Gasteiger charge is -2.26. The number of nitrogens with one attached hydrogen (secondary N) is 1. The first-order valence-corrected chi connectivity index (χ1v) is 11.0. The normalized spacial score (nSPS) is 15.2. The molecule has 0 aliphatic carbocycles. The van der Waals surface area contributed by atoms with Gasteiger partial charge in [-0.2, -0.15) is 0 Å². The van der Waals surface area contributed by atoms with Crippen LogP contribution in [0.15, 0.2) is 17.0 Å². The fourth-order valence-electron chi connectivity index (χ4n) is 2.36. The molecule has 13 heteroatoms. The molecule has 1 aliphatic heterocycles. The van der Waals surface area contributed by atoms with E-state index in [0.717, 1.165) is 11.3 Å². The minimum atomic E-state index is -4.07. The summed E-state index contributed by atoms with van der Waals surface area (Å²) in [6, 6.07) is 2.57. The van der Waals surface area contributed by atoms with Crippen molar-refractivity contribution < 1.29 is 17.9 Å². The van der Waals surface area contributed by atoms with Gasteiger partial charge >= 0.3 is 0 Å². The molecule has 8 nitrogen and oxygen atoms in total. The highest BCUT2D eigenvalue weighted by Crippen LogP contribution is 2.34. The number of ether oxygens (including phenoxy) is 1. The predicted octanol–water partition coefficient (Wildman–Crippen LogP) is 2.70. The van der Waals surface area contributed by atoms with E-state index in [1.165, 1.54) is 12.1 Å². The number of aromatic nitrogens is 2. The highest BCUT2D eigenvalue weighted by atomic mass is 35.5. The quantitative estimate of drug-likeness (QED) is 0.695. The van der Waals surface area contributed by atoms with Crippen molar-refractivity contribution in [2.24, 2.45) is 0 Å². The zero-order valence-corrected chi connectivity index (χ0v) is 17.5. The predicted molar refractivity (Wildman–Crippen MR) is 103 cm³/mol. The number of rotatable bonds is 6. The van der Waals surface area contributed by atoms with Crippen LogP contribution < -0.4 is 4.72 Å². The summed E-state index contributed by atoms with van der Waals surface area (Å²) in [6.07, 6.45) is 0.452. The van der Waals surface area contributed by atoms with Gasteiger partial charge in [-0.15, -0.1) is 10.2 Å². The molecule has 1 fully saturated rings. The minimum Gasteiger partial charge on any atom is -0.370 e. The van der Waals surface area contributed by atoms with Gasteiger partial charge in [0.2, 0.25) is 11.0 Å². The maximum Gasteiger partial charge on any atom is 0.266 e. The number of benzene rings is 1. The summed E-state index contributed by atoms with van der Waals surface area (Å²) in [6.45, 7) is 1.54. The number of hydrogen-bond acceptors (Lipinski definition) is 7. The molecule has 2 heterocycles. The van der Waals surface area contributed by atoms with E-state index in [2.05, 4.69) is 14.9 Å². The number of carbonyl (C=O) groups excluding carboxylic acids is 1. The molecule has 0 bridgehead atoms. The molecule has 1 saturated heterocycles.